The molecule has 0 saturated heterocycles. The number of unbranched alkanes of at least 4 members (excludes halogenated alkanes) is 1. The number of carboxylic acids is 1. The molecule has 8 heteroatoms. The molecule has 0 fully saturated rings. The molecule has 7 nitrogen and oxygen atoms in total. The van der Waals surface area contributed by atoms with E-state index in [9.17, 15) is 9.00 Å². The standard InChI is InChI=1S/C21H23NO6S/c23-20(24)15-26-19-11-6-10-18-17(14-27-21(18)19)13-22-29(25)28-12-5-4-9-16-7-2-1-3-8-16/h1-3,6-8,10-11,14,22H,4-5,9,12-13,15H2,(H,23,24). The molecular formula is C21H23NO6S. The number of carboxylic acid groups (broad SMARTS) is 1. The Bertz CT molecular complexity index is 956. The summed E-state index contributed by atoms with van der Waals surface area (Å²) in [5.41, 5.74) is 2.52. The largest absolute Gasteiger partial charge is 0.479 e. The highest BCUT2D eigenvalue weighted by molar-refractivity contribution is 7.78. The van der Waals surface area contributed by atoms with Crippen LogP contribution < -0.4 is 9.46 Å². The molecule has 154 valence electrons. The molecule has 0 saturated carbocycles. The number of furan rings is 1. The molecule has 2 N–H and O–H groups in total. The lowest BCUT2D eigenvalue weighted by Crippen LogP contribution is -2.19. The van der Waals surface area contributed by atoms with Crippen LogP contribution in [-0.4, -0.2) is 28.5 Å². The average molecular weight is 417 g/mol. The van der Waals surface area contributed by atoms with Crippen LogP contribution in [0.1, 0.15) is 24.0 Å². The Morgan fingerprint density at radius 1 is 1.10 bits per heavy atom. The van der Waals surface area contributed by atoms with Gasteiger partial charge in [0.25, 0.3) is 0 Å². The van der Waals surface area contributed by atoms with Crippen LogP contribution >= 0.6 is 0 Å². The Balaban J connectivity index is 1.42. The molecule has 0 radical (unpaired) electrons. The summed E-state index contributed by atoms with van der Waals surface area (Å²) in [5.74, 6) is -0.710. The van der Waals surface area contributed by atoms with E-state index in [1.54, 1.807) is 12.1 Å². The third-order valence-corrected chi connectivity index (χ3v) is 5.03. The number of para-hydroxylation sites is 1. The molecule has 0 aliphatic rings. The van der Waals surface area contributed by atoms with Gasteiger partial charge in [-0.15, -0.1) is 0 Å². The predicted octanol–water partition coefficient (Wildman–Crippen LogP) is 3.60. The number of aliphatic carboxylic acids is 1. The lowest BCUT2D eigenvalue weighted by molar-refractivity contribution is -0.139. The van der Waals surface area contributed by atoms with Gasteiger partial charge >= 0.3 is 5.97 Å². The van der Waals surface area contributed by atoms with Crippen LogP contribution in [0.4, 0.5) is 0 Å². The maximum Gasteiger partial charge on any atom is 0.341 e. The molecule has 0 aliphatic heterocycles. The Morgan fingerprint density at radius 3 is 2.72 bits per heavy atom. The lowest BCUT2D eigenvalue weighted by Gasteiger charge is -2.06. The molecule has 1 aromatic heterocycles. The number of fused-ring (bicyclic) bond motifs is 1. The first-order valence-electron chi connectivity index (χ1n) is 9.29. The van der Waals surface area contributed by atoms with Crippen molar-refractivity contribution in [3.05, 3.63) is 65.9 Å². The van der Waals surface area contributed by atoms with Crippen LogP contribution in [-0.2, 0) is 33.2 Å². The van der Waals surface area contributed by atoms with Crippen molar-refractivity contribution in [2.45, 2.75) is 25.8 Å². The van der Waals surface area contributed by atoms with E-state index in [4.69, 9.17) is 18.4 Å². The third-order valence-electron chi connectivity index (χ3n) is 4.27. The third kappa shape index (κ3) is 6.42. The van der Waals surface area contributed by atoms with Gasteiger partial charge in [-0.25, -0.2) is 13.7 Å². The molecule has 2 aromatic carbocycles. The fraction of sp³-hybridized carbons (Fsp3) is 0.286. The van der Waals surface area contributed by atoms with Gasteiger partial charge in [-0.05, 0) is 30.9 Å². The number of carbonyl (C=O) groups is 1. The van der Waals surface area contributed by atoms with Crippen molar-refractivity contribution in [1.82, 2.24) is 4.72 Å². The normalized spacial score (nSPS) is 12.1. The van der Waals surface area contributed by atoms with Gasteiger partial charge in [-0.1, -0.05) is 42.5 Å². The van der Waals surface area contributed by atoms with Gasteiger partial charge in [-0.2, -0.15) is 0 Å². The van der Waals surface area contributed by atoms with E-state index in [0.717, 1.165) is 30.2 Å². The van der Waals surface area contributed by atoms with Crippen molar-refractivity contribution < 1.29 is 27.4 Å². The molecule has 3 rings (SSSR count). The van der Waals surface area contributed by atoms with Gasteiger partial charge in [0.2, 0.25) is 11.3 Å². The Kier molecular flexibility index (Phi) is 7.80. The summed E-state index contributed by atoms with van der Waals surface area (Å²) in [6, 6.07) is 15.4. The summed E-state index contributed by atoms with van der Waals surface area (Å²) >= 11 is -1.61. The minimum absolute atomic E-state index is 0.284. The van der Waals surface area contributed by atoms with Crippen LogP contribution in [0.5, 0.6) is 5.75 Å². The van der Waals surface area contributed by atoms with E-state index < -0.39 is 23.8 Å². The summed E-state index contributed by atoms with van der Waals surface area (Å²) in [6.45, 7) is 0.243. The van der Waals surface area contributed by atoms with Gasteiger partial charge in [-0.3, -0.25) is 4.18 Å². The molecule has 1 unspecified atom stereocenters. The first-order chi connectivity index (χ1) is 14.1. The van der Waals surface area contributed by atoms with E-state index in [1.807, 2.05) is 24.3 Å². The highest BCUT2D eigenvalue weighted by Gasteiger charge is 2.12. The van der Waals surface area contributed by atoms with Crippen LogP contribution in [0.3, 0.4) is 0 Å². The van der Waals surface area contributed by atoms with Crippen molar-refractivity contribution in [1.29, 1.82) is 0 Å². The highest BCUT2D eigenvalue weighted by atomic mass is 32.2. The summed E-state index contributed by atoms with van der Waals surface area (Å²) in [5, 5.41) is 9.51. The molecule has 1 atom stereocenters. The summed E-state index contributed by atoms with van der Waals surface area (Å²) < 4.78 is 30.9. The number of rotatable bonds is 12. The molecule has 0 aliphatic carbocycles. The maximum absolute atomic E-state index is 12.0. The second-order valence-electron chi connectivity index (χ2n) is 6.40. The summed E-state index contributed by atoms with van der Waals surface area (Å²) in [6.07, 6.45) is 4.29. The molecular weight excluding hydrogens is 394 g/mol. The zero-order valence-corrected chi connectivity index (χ0v) is 16.7. The highest BCUT2D eigenvalue weighted by Crippen LogP contribution is 2.29. The Hall–Kier alpha value is -2.68. The predicted molar refractivity (Wildman–Crippen MR) is 110 cm³/mol. The minimum atomic E-state index is -1.61. The van der Waals surface area contributed by atoms with Gasteiger partial charge in [0, 0.05) is 17.5 Å². The van der Waals surface area contributed by atoms with E-state index in [0.29, 0.717) is 17.9 Å². The molecule has 3 aromatic rings. The van der Waals surface area contributed by atoms with Crippen LogP contribution in [0.2, 0.25) is 0 Å². The van der Waals surface area contributed by atoms with Crippen molar-refractivity contribution in [2.24, 2.45) is 0 Å². The monoisotopic (exact) mass is 417 g/mol. The SMILES string of the molecule is O=C(O)COc1cccc2c(CNS(=O)OCCCCc3ccccc3)coc12. The quantitative estimate of drug-likeness (QED) is 0.437. The summed E-state index contributed by atoms with van der Waals surface area (Å²) in [7, 11) is 0. The summed E-state index contributed by atoms with van der Waals surface area (Å²) in [4.78, 5) is 10.7. The van der Waals surface area contributed by atoms with Crippen LogP contribution in [0.25, 0.3) is 11.0 Å². The first-order valence-corrected chi connectivity index (χ1v) is 10.4. The zero-order valence-electron chi connectivity index (χ0n) is 15.8. The Morgan fingerprint density at radius 2 is 1.93 bits per heavy atom. The number of aryl methyl sites for hydroxylation is 1. The van der Waals surface area contributed by atoms with Gasteiger partial charge in [0.05, 0.1) is 12.9 Å². The van der Waals surface area contributed by atoms with Crippen LogP contribution in [0.15, 0.2) is 59.2 Å². The topological polar surface area (TPSA) is 98.0 Å². The average Bonchev–Trinajstić information content (AvgIpc) is 3.15. The fourth-order valence-corrected chi connectivity index (χ4v) is 3.49. The second kappa shape index (κ2) is 10.8. The van der Waals surface area contributed by atoms with Crippen molar-refractivity contribution >= 4 is 28.2 Å². The van der Waals surface area contributed by atoms with Crippen molar-refractivity contribution in [3.8, 4) is 5.75 Å². The van der Waals surface area contributed by atoms with Crippen LogP contribution in [0, 0.1) is 0 Å². The molecule has 29 heavy (non-hydrogen) atoms. The number of ether oxygens (including phenoxy) is 1. The van der Waals surface area contributed by atoms with E-state index in [2.05, 4.69) is 16.9 Å². The number of hydrogen-bond donors (Lipinski definition) is 2. The molecule has 0 amide bonds. The molecule has 0 bridgehead atoms. The van der Waals surface area contributed by atoms with Gasteiger partial charge in [0.15, 0.2) is 17.9 Å². The van der Waals surface area contributed by atoms with Gasteiger partial charge in [0.1, 0.15) is 0 Å². The second-order valence-corrected chi connectivity index (χ2v) is 7.39. The smallest absolute Gasteiger partial charge is 0.341 e. The number of nitrogens with one attached hydrogen (secondary N) is 1. The first kappa shape index (κ1) is 21.0. The fourth-order valence-electron chi connectivity index (χ4n) is 2.86. The van der Waals surface area contributed by atoms with E-state index in [-0.39, 0.29) is 6.54 Å². The lowest BCUT2D eigenvalue weighted by atomic mass is 10.1. The van der Waals surface area contributed by atoms with E-state index >= 15 is 0 Å². The zero-order chi connectivity index (χ0) is 20.5. The molecule has 1 heterocycles. The minimum Gasteiger partial charge on any atom is -0.479 e. The number of benzene rings is 2. The van der Waals surface area contributed by atoms with Crippen molar-refractivity contribution in [2.75, 3.05) is 13.2 Å². The number of hydrogen-bond acceptors (Lipinski definition) is 5. The maximum atomic E-state index is 12.0. The van der Waals surface area contributed by atoms with Gasteiger partial charge < -0.3 is 14.3 Å². The Labute approximate surface area is 171 Å². The van der Waals surface area contributed by atoms with Crippen molar-refractivity contribution in [3.63, 3.8) is 0 Å². The molecule has 0 spiro atoms. The van der Waals surface area contributed by atoms with E-state index in [1.165, 1.54) is 11.8 Å².